The second-order valence-corrected chi connectivity index (χ2v) is 2.96. The van der Waals surface area contributed by atoms with Crippen LogP contribution in [0.5, 0.6) is 0 Å². The molecule has 1 fully saturated rings. The summed E-state index contributed by atoms with van der Waals surface area (Å²) in [4.78, 5) is 0. The first-order valence-electron chi connectivity index (χ1n) is 4.29. The summed E-state index contributed by atoms with van der Waals surface area (Å²) in [5, 5.41) is 0. The van der Waals surface area contributed by atoms with E-state index in [1.807, 2.05) is 0 Å². The number of nitrogens with two attached hydrogens (primary N) is 1. The third-order valence-electron chi connectivity index (χ3n) is 1.90. The van der Waals surface area contributed by atoms with Gasteiger partial charge in [0.15, 0.2) is 0 Å². The summed E-state index contributed by atoms with van der Waals surface area (Å²) in [6.45, 7) is 4.35. The van der Waals surface area contributed by atoms with Crippen LogP contribution in [-0.4, -0.2) is 32.0 Å². The summed E-state index contributed by atoms with van der Waals surface area (Å²) < 4.78 is 10.5. The third kappa shape index (κ3) is 2.77. The molecule has 1 saturated heterocycles. The second kappa shape index (κ2) is 4.70. The van der Waals surface area contributed by atoms with Gasteiger partial charge in [0, 0.05) is 6.61 Å². The van der Waals surface area contributed by atoms with Crippen LogP contribution >= 0.6 is 0 Å². The van der Waals surface area contributed by atoms with E-state index in [0.29, 0.717) is 13.2 Å². The summed E-state index contributed by atoms with van der Waals surface area (Å²) in [6, 6.07) is 0.205. The summed E-state index contributed by atoms with van der Waals surface area (Å²) in [5.41, 5.74) is 5.63. The molecule has 1 heterocycles. The molecule has 3 nitrogen and oxygen atoms in total. The standard InChI is InChI=1S/C8H17NO2/c1-2-3-4-10-6-8-7(9)5-11-8/h7-8H,2-6,9H2,1H3/t7-,8+/m0/s1. The molecular formula is C8H17NO2. The molecule has 0 aromatic rings. The zero-order valence-corrected chi connectivity index (χ0v) is 7.08. The number of hydrogen-bond donors (Lipinski definition) is 1. The normalized spacial score (nSPS) is 30.0. The lowest BCUT2D eigenvalue weighted by atomic mass is 10.1. The molecule has 0 unspecified atom stereocenters. The van der Waals surface area contributed by atoms with Crippen molar-refractivity contribution < 1.29 is 9.47 Å². The average molecular weight is 159 g/mol. The molecule has 1 aliphatic rings. The molecule has 0 amide bonds. The Labute approximate surface area is 67.9 Å². The van der Waals surface area contributed by atoms with Crippen molar-refractivity contribution >= 4 is 0 Å². The fourth-order valence-electron chi connectivity index (χ4n) is 0.961. The van der Waals surface area contributed by atoms with Gasteiger partial charge in [0.05, 0.1) is 25.4 Å². The van der Waals surface area contributed by atoms with Crippen molar-refractivity contribution in [3.8, 4) is 0 Å². The van der Waals surface area contributed by atoms with Crippen molar-refractivity contribution in [3.63, 3.8) is 0 Å². The second-order valence-electron chi connectivity index (χ2n) is 2.96. The van der Waals surface area contributed by atoms with Gasteiger partial charge in [0.2, 0.25) is 0 Å². The third-order valence-corrected chi connectivity index (χ3v) is 1.90. The van der Waals surface area contributed by atoms with E-state index in [4.69, 9.17) is 15.2 Å². The van der Waals surface area contributed by atoms with Crippen LogP contribution in [0, 0.1) is 0 Å². The fraction of sp³-hybridized carbons (Fsp3) is 1.00. The molecule has 0 aromatic heterocycles. The van der Waals surface area contributed by atoms with Gasteiger partial charge in [-0.15, -0.1) is 0 Å². The summed E-state index contributed by atoms with van der Waals surface area (Å²) in [6.07, 6.45) is 2.46. The molecule has 0 spiro atoms. The number of unbranched alkanes of at least 4 members (excludes halogenated alkanes) is 1. The highest BCUT2D eigenvalue weighted by atomic mass is 16.5. The van der Waals surface area contributed by atoms with Gasteiger partial charge in [0.1, 0.15) is 0 Å². The van der Waals surface area contributed by atoms with Crippen molar-refractivity contribution in [2.75, 3.05) is 19.8 Å². The number of ether oxygens (including phenoxy) is 2. The van der Waals surface area contributed by atoms with E-state index in [-0.39, 0.29) is 12.1 Å². The predicted octanol–water partition coefficient (Wildman–Crippen LogP) is 0.529. The predicted molar refractivity (Wildman–Crippen MR) is 43.4 cm³/mol. The molecule has 1 rings (SSSR count). The molecule has 0 aromatic carbocycles. The van der Waals surface area contributed by atoms with Crippen molar-refractivity contribution in [3.05, 3.63) is 0 Å². The van der Waals surface area contributed by atoms with Crippen molar-refractivity contribution in [1.82, 2.24) is 0 Å². The van der Waals surface area contributed by atoms with Crippen molar-refractivity contribution in [2.24, 2.45) is 5.73 Å². The highest BCUT2D eigenvalue weighted by Gasteiger charge is 2.28. The van der Waals surface area contributed by atoms with E-state index in [1.54, 1.807) is 0 Å². The molecule has 0 radical (unpaired) electrons. The topological polar surface area (TPSA) is 44.5 Å². The van der Waals surface area contributed by atoms with Crippen LogP contribution in [0.25, 0.3) is 0 Å². The van der Waals surface area contributed by atoms with Crippen molar-refractivity contribution in [1.29, 1.82) is 0 Å². The molecule has 66 valence electrons. The van der Waals surface area contributed by atoms with Gasteiger partial charge < -0.3 is 15.2 Å². The van der Waals surface area contributed by atoms with Crippen LogP contribution in [0.15, 0.2) is 0 Å². The Bertz CT molecular complexity index is 108. The Kier molecular flexibility index (Phi) is 3.83. The minimum absolute atomic E-state index is 0.159. The van der Waals surface area contributed by atoms with E-state index in [1.165, 1.54) is 6.42 Å². The minimum atomic E-state index is 0.159. The molecular weight excluding hydrogens is 142 g/mol. The molecule has 0 aliphatic carbocycles. The Morgan fingerprint density at radius 2 is 2.45 bits per heavy atom. The van der Waals surface area contributed by atoms with Gasteiger partial charge in [-0.05, 0) is 6.42 Å². The van der Waals surface area contributed by atoms with Crippen LogP contribution in [-0.2, 0) is 9.47 Å². The molecule has 2 N–H and O–H groups in total. The van der Waals surface area contributed by atoms with E-state index in [2.05, 4.69) is 6.92 Å². The lowest BCUT2D eigenvalue weighted by Gasteiger charge is -2.33. The molecule has 11 heavy (non-hydrogen) atoms. The van der Waals surface area contributed by atoms with E-state index < -0.39 is 0 Å². The van der Waals surface area contributed by atoms with Gasteiger partial charge in [-0.25, -0.2) is 0 Å². The van der Waals surface area contributed by atoms with E-state index >= 15 is 0 Å². The molecule has 0 bridgehead atoms. The van der Waals surface area contributed by atoms with E-state index in [9.17, 15) is 0 Å². The Morgan fingerprint density at radius 3 is 2.91 bits per heavy atom. The average Bonchev–Trinajstić information content (AvgIpc) is 2.02. The molecule has 2 atom stereocenters. The molecule has 3 heteroatoms. The van der Waals surface area contributed by atoms with Crippen LogP contribution in [0.2, 0.25) is 0 Å². The molecule has 1 aliphatic heterocycles. The SMILES string of the molecule is CCCCOC[C@H]1OC[C@@H]1N. The first kappa shape index (κ1) is 8.97. The zero-order chi connectivity index (χ0) is 8.10. The smallest absolute Gasteiger partial charge is 0.0982 e. The first-order valence-corrected chi connectivity index (χ1v) is 4.29. The van der Waals surface area contributed by atoms with Gasteiger partial charge in [-0.2, -0.15) is 0 Å². The largest absolute Gasteiger partial charge is 0.379 e. The van der Waals surface area contributed by atoms with Gasteiger partial charge in [-0.1, -0.05) is 13.3 Å². The number of hydrogen-bond acceptors (Lipinski definition) is 3. The lowest BCUT2D eigenvalue weighted by molar-refractivity contribution is -0.111. The minimum Gasteiger partial charge on any atom is -0.379 e. The first-order chi connectivity index (χ1) is 5.34. The maximum atomic E-state index is 5.63. The Hall–Kier alpha value is -0.120. The maximum absolute atomic E-state index is 5.63. The summed E-state index contributed by atoms with van der Waals surface area (Å²) in [5.74, 6) is 0. The van der Waals surface area contributed by atoms with Crippen LogP contribution in [0.3, 0.4) is 0 Å². The van der Waals surface area contributed by atoms with Gasteiger partial charge in [-0.3, -0.25) is 0 Å². The lowest BCUT2D eigenvalue weighted by Crippen LogP contribution is -2.53. The fourth-order valence-corrected chi connectivity index (χ4v) is 0.961. The molecule has 0 saturated carbocycles. The highest BCUT2D eigenvalue weighted by Crippen LogP contribution is 2.10. The van der Waals surface area contributed by atoms with Gasteiger partial charge in [0.25, 0.3) is 0 Å². The van der Waals surface area contributed by atoms with Gasteiger partial charge >= 0.3 is 0 Å². The van der Waals surface area contributed by atoms with Crippen LogP contribution < -0.4 is 5.73 Å². The Balaban J connectivity index is 1.87. The van der Waals surface area contributed by atoms with E-state index in [0.717, 1.165) is 13.0 Å². The Morgan fingerprint density at radius 1 is 1.64 bits per heavy atom. The quantitative estimate of drug-likeness (QED) is 0.595. The monoisotopic (exact) mass is 159 g/mol. The summed E-state index contributed by atoms with van der Waals surface area (Å²) >= 11 is 0. The number of rotatable bonds is 5. The highest BCUT2D eigenvalue weighted by molar-refractivity contribution is 4.81. The van der Waals surface area contributed by atoms with Crippen LogP contribution in [0.4, 0.5) is 0 Å². The van der Waals surface area contributed by atoms with Crippen molar-refractivity contribution in [2.45, 2.75) is 31.9 Å². The zero-order valence-electron chi connectivity index (χ0n) is 7.08. The summed E-state index contributed by atoms with van der Waals surface area (Å²) in [7, 11) is 0. The van der Waals surface area contributed by atoms with Crippen LogP contribution in [0.1, 0.15) is 19.8 Å². The maximum Gasteiger partial charge on any atom is 0.0982 e.